The molecular weight excluding hydrogens is 229 g/mol. The van der Waals surface area contributed by atoms with E-state index in [-0.39, 0.29) is 0 Å². The molecule has 0 aliphatic rings. The van der Waals surface area contributed by atoms with Crippen molar-refractivity contribution >= 4 is 28.2 Å². The zero-order chi connectivity index (χ0) is 7.40. The Hall–Kier alpha value is -0.311. The van der Waals surface area contributed by atoms with Crippen LogP contribution in [0, 0.1) is 5.41 Å². The van der Waals surface area contributed by atoms with Crippen molar-refractivity contribution in [3.05, 3.63) is 35.9 Å². The van der Waals surface area contributed by atoms with Gasteiger partial charge in [0.2, 0.25) is 0 Å². The van der Waals surface area contributed by atoms with Crippen molar-refractivity contribution in [3.63, 3.8) is 0 Å². The molecule has 1 rings (SSSR count). The zero-order valence-corrected chi connectivity index (χ0v) is 8.45. The molecule has 3 radical (unpaired) electrons. The van der Waals surface area contributed by atoms with Gasteiger partial charge in [0.25, 0.3) is 0 Å². The van der Waals surface area contributed by atoms with Gasteiger partial charge in [-0.05, 0) is 0 Å². The second kappa shape index (κ2) is 3.76. The first kappa shape index (κ1) is 7.79. The molecule has 0 aromatic heterocycles. The Labute approximate surface area is 74.1 Å². The molecule has 1 aromatic carbocycles. The van der Waals surface area contributed by atoms with Gasteiger partial charge in [-0.1, -0.05) is 0 Å². The first-order chi connectivity index (χ1) is 4.84. The van der Waals surface area contributed by atoms with Crippen LogP contribution in [0.3, 0.4) is 0 Å². The minimum absolute atomic E-state index is 0.749. The molecule has 1 aromatic rings. The van der Waals surface area contributed by atoms with E-state index in [9.17, 15) is 0 Å². The maximum absolute atomic E-state index is 7.50. The third-order valence-corrected chi connectivity index (χ3v) is 2.31. The first-order valence-corrected chi connectivity index (χ1v) is 5.14. The molecule has 1 N–H and O–H groups in total. The van der Waals surface area contributed by atoms with Gasteiger partial charge in [0.15, 0.2) is 0 Å². The Kier molecular flexibility index (Phi) is 2.93. The second-order valence-electron chi connectivity index (χ2n) is 2.02. The molecule has 0 unspecified atom stereocenters. The number of hydrogen-bond donors (Lipinski definition) is 1. The van der Waals surface area contributed by atoms with E-state index in [1.165, 1.54) is 22.5 Å². The molecule has 0 bridgehead atoms. The fourth-order valence-corrected chi connectivity index (χ4v) is 1.32. The van der Waals surface area contributed by atoms with Crippen LogP contribution in [-0.4, -0.2) is 28.2 Å². The molecule has 49 valence electrons. The van der Waals surface area contributed by atoms with Crippen molar-refractivity contribution in [2.75, 3.05) is 0 Å². The first-order valence-electron chi connectivity index (χ1n) is 3.12. The van der Waals surface area contributed by atoms with Gasteiger partial charge in [-0.3, -0.25) is 0 Å². The molecule has 0 fully saturated rings. The van der Waals surface area contributed by atoms with Gasteiger partial charge in [0.1, 0.15) is 0 Å². The third kappa shape index (κ3) is 1.84. The molecular formula is C8H8NSn. The van der Waals surface area contributed by atoms with E-state index in [2.05, 4.69) is 0 Å². The summed E-state index contributed by atoms with van der Waals surface area (Å²) < 4.78 is 0.900. The zero-order valence-electron chi connectivity index (χ0n) is 5.59. The van der Waals surface area contributed by atoms with E-state index in [0.717, 1.165) is 15.7 Å². The molecule has 0 heterocycles. The van der Waals surface area contributed by atoms with Crippen molar-refractivity contribution in [1.82, 2.24) is 0 Å². The monoisotopic (exact) mass is 238 g/mol. The average Bonchev–Trinajstić information content (AvgIpc) is 2.05. The molecule has 2 heteroatoms. The normalized spacial score (nSPS) is 9.30. The van der Waals surface area contributed by atoms with Crippen LogP contribution >= 0.6 is 0 Å². The van der Waals surface area contributed by atoms with Crippen molar-refractivity contribution in [2.45, 2.75) is 4.44 Å². The van der Waals surface area contributed by atoms with Crippen LogP contribution in [0.5, 0.6) is 0 Å². The number of hydrogen-bond acceptors (Lipinski definition) is 1. The van der Waals surface area contributed by atoms with Gasteiger partial charge in [-0.25, -0.2) is 0 Å². The van der Waals surface area contributed by atoms with Crippen LogP contribution in [0.25, 0.3) is 0 Å². The molecule has 0 aliphatic heterocycles. The Morgan fingerprint density at radius 2 is 1.90 bits per heavy atom. The molecule has 1 nitrogen and oxygen atoms in total. The molecule has 0 aliphatic carbocycles. The maximum atomic E-state index is 7.50. The summed E-state index contributed by atoms with van der Waals surface area (Å²) in [7, 11) is 0. The molecule has 0 atom stereocenters. The fraction of sp³-hybridized carbons (Fsp3) is 0.125. The Balaban J connectivity index is 2.85. The standard InChI is InChI=1S/C8H8N.Sn/c1-7(9)8-5-3-2-4-6-8;/h2-6,9H,1H2;. The predicted octanol–water partition coefficient (Wildman–Crippen LogP) is 1.64. The van der Waals surface area contributed by atoms with Crippen LogP contribution in [0.4, 0.5) is 0 Å². The summed E-state index contributed by atoms with van der Waals surface area (Å²) in [5, 5.41) is 7.50. The Morgan fingerprint density at radius 1 is 1.30 bits per heavy atom. The van der Waals surface area contributed by atoms with E-state index in [1.54, 1.807) is 0 Å². The van der Waals surface area contributed by atoms with Gasteiger partial charge in [0.05, 0.1) is 0 Å². The summed E-state index contributed by atoms with van der Waals surface area (Å²) in [6.07, 6.45) is 0. The van der Waals surface area contributed by atoms with E-state index in [4.69, 9.17) is 5.41 Å². The van der Waals surface area contributed by atoms with Gasteiger partial charge in [-0.15, -0.1) is 0 Å². The van der Waals surface area contributed by atoms with Crippen LogP contribution in [0.15, 0.2) is 30.3 Å². The van der Waals surface area contributed by atoms with Crippen molar-refractivity contribution in [3.8, 4) is 0 Å². The average molecular weight is 237 g/mol. The SMILES string of the molecule is N=C([CH2][Sn])c1ccccc1. The van der Waals surface area contributed by atoms with Crippen LogP contribution in [0.2, 0.25) is 4.44 Å². The summed E-state index contributed by atoms with van der Waals surface area (Å²) in [5.74, 6) is 0. The molecule has 0 amide bonds. The summed E-state index contributed by atoms with van der Waals surface area (Å²) in [6, 6.07) is 9.86. The third-order valence-electron chi connectivity index (χ3n) is 1.30. The summed E-state index contributed by atoms with van der Waals surface area (Å²) in [6.45, 7) is 0. The second-order valence-corrected chi connectivity index (χ2v) is 3.03. The molecule has 0 saturated heterocycles. The topological polar surface area (TPSA) is 23.9 Å². The van der Waals surface area contributed by atoms with E-state index < -0.39 is 0 Å². The fourth-order valence-electron chi connectivity index (χ4n) is 0.741. The van der Waals surface area contributed by atoms with Gasteiger partial charge in [0, 0.05) is 0 Å². The Morgan fingerprint density at radius 3 is 2.40 bits per heavy atom. The minimum atomic E-state index is 0.749. The van der Waals surface area contributed by atoms with Crippen molar-refractivity contribution in [2.24, 2.45) is 0 Å². The van der Waals surface area contributed by atoms with Crippen LogP contribution in [0.1, 0.15) is 5.56 Å². The van der Waals surface area contributed by atoms with Gasteiger partial charge < -0.3 is 0 Å². The number of rotatable bonds is 2. The number of nitrogens with one attached hydrogen (secondary N) is 1. The van der Waals surface area contributed by atoms with Crippen LogP contribution in [-0.2, 0) is 0 Å². The summed E-state index contributed by atoms with van der Waals surface area (Å²) in [5.41, 5.74) is 1.80. The quantitative estimate of drug-likeness (QED) is 0.597. The van der Waals surface area contributed by atoms with Gasteiger partial charge in [-0.2, -0.15) is 0 Å². The van der Waals surface area contributed by atoms with Crippen molar-refractivity contribution in [1.29, 1.82) is 5.41 Å². The van der Waals surface area contributed by atoms with E-state index >= 15 is 0 Å². The van der Waals surface area contributed by atoms with Crippen LogP contribution < -0.4 is 0 Å². The predicted molar refractivity (Wildman–Crippen MR) is 43.8 cm³/mol. The molecule has 0 saturated carbocycles. The summed E-state index contributed by atoms with van der Waals surface area (Å²) in [4.78, 5) is 0. The summed E-state index contributed by atoms with van der Waals surface area (Å²) >= 11 is 1.40. The number of benzene rings is 1. The molecule has 0 spiro atoms. The van der Waals surface area contributed by atoms with Crippen molar-refractivity contribution < 1.29 is 0 Å². The Bertz CT molecular complexity index is 218. The van der Waals surface area contributed by atoms with E-state index in [1.807, 2.05) is 30.3 Å². The molecule has 10 heavy (non-hydrogen) atoms. The van der Waals surface area contributed by atoms with Gasteiger partial charge >= 0.3 is 74.0 Å². The van der Waals surface area contributed by atoms with E-state index in [0.29, 0.717) is 0 Å².